The molecule has 0 aliphatic rings. The van der Waals surface area contributed by atoms with Gasteiger partial charge in [0.15, 0.2) is 0 Å². The molecule has 0 unspecified atom stereocenters. The molecular weight excluding hydrogens is 273 g/mol. The molecule has 5 heteroatoms. The number of nitrogens with zero attached hydrogens (tertiary/aromatic N) is 2. The molecule has 0 bridgehead atoms. The molecular formula is C11H9BrFN3. The Kier molecular flexibility index (Phi) is 3.46. The minimum absolute atomic E-state index is 0.233. The molecule has 0 spiro atoms. The van der Waals surface area contributed by atoms with Crippen LogP contribution in [0.1, 0.15) is 5.56 Å². The Morgan fingerprint density at radius 3 is 2.38 bits per heavy atom. The molecule has 2 rings (SSSR count). The molecule has 2 aromatic rings. The summed E-state index contributed by atoms with van der Waals surface area (Å²) in [4.78, 5) is 8.14. The van der Waals surface area contributed by atoms with Crippen molar-refractivity contribution in [3.05, 3.63) is 52.5 Å². The minimum atomic E-state index is -0.233. The van der Waals surface area contributed by atoms with Gasteiger partial charge in [-0.1, -0.05) is 12.1 Å². The van der Waals surface area contributed by atoms with Crippen LogP contribution in [0.25, 0.3) is 0 Å². The van der Waals surface area contributed by atoms with E-state index in [0.717, 1.165) is 10.0 Å². The number of hydrogen-bond acceptors (Lipinski definition) is 3. The number of benzene rings is 1. The second kappa shape index (κ2) is 5.03. The lowest BCUT2D eigenvalue weighted by Crippen LogP contribution is -2.02. The standard InChI is InChI=1S/C11H9BrFN3/c12-9-6-15-11(16-7-9)14-5-8-1-3-10(13)4-2-8/h1-4,6-7H,5H2,(H,14,15,16). The van der Waals surface area contributed by atoms with Crippen LogP contribution in [-0.4, -0.2) is 9.97 Å². The van der Waals surface area contributed by atoms with Gasteiger partial charge in [0.2, 0.25) is 5.95 Å². The summed E-state index contributed by atoms with van der Waals surface area (Å²) in [6.07, 6.45) is 3.33. The van der Waals surface area contributed by atoms with E-state index in [4.69, 9.17) is 0 Å². The predicted octanol–water partition coefficient (Wildman–Crippen LogP) is 2.99. The summed E-state index contributed by atoms with van der Waals surface area (Å²) in [6, 6.07) is 6.31. The molecule has 82 valence electrons. The van der Waals surface area contributed by atoms with Gasteiger partial charge in [-0.3, -0.25) is 0 Å². The van der Waals surface area contributed by atoms with Crippen molar-refractivity contribution < 1.29 is 4.39 Å². The number of rotatable bonds is 3. The quantitative estimate of drug-likeness (QED) is 0.940. The Labute approximate surface area is 101 Å². The van der Waals surface area contributed by atoms with Crippen LogP contribution in [0.5, 0.6) is 0 Å². The average Bonchev–Trinajstić information content (AvgIpc) is 2.30. The smallest absolute Gasteiger partial charge is 0.222 e. The fraction of sp³-hybridized carbons (Fsp3) is 0.0909. The summed E-state index contributed by atoms with van der Waals surface area (Å²) >= 11 is 3.25. The SMILES string of the molecule is Fc1ccc(CNc2ncc(Br)cn2)cc1. The average molecular weight is 282 g/mol. The molecule has 0 amide bonds. The molecule has 1 aromatic carbocycles. The van der Waals surface area contributed by atoms with Crippen LogP contribution in [0.4, 0.5) is 10.3 Å². The Morgan fingerprint density at radius 2 is 1.75 bits per heavy atom. The first-order valence-corrected chi connectivity index (χ1v) is 5.49. The normalized spacial score (nSPS) is 10.1. The van der Waals surface area contributed by atoms with Crippen molar-refractivity contribution in [2.24, 2.45) is 0 Å². The zero-order chi connectivity index (χ0) is 11.4. The first kappa shape index (κ1) is 11.0. The fourth-order valence-corrected chi connectivity index (χ4v) is 1.39. The van der Waals surface area contributed by atoms with Gasteiger partial charge in [-0.15, -0.1) is 0 Å². The number of halogens is 2. The summed E-state index contributed by atoms with van der Waals surface area (Å²) in [5, 5.41) is 3.04. The first-order valence-electron chi connectivity index (χ1n) is 4.70. The van der Waals surface area contributed by atoms with E-state index in [-0.39, 0.29) is 5.82 Å². The number of anilines is 1. The van der Waals surface area contributed by atoms with Gasteiger partial charge in [-0.25, -0.2) is 14.4 Å². The summed E-state index contributed by atoms with van der Waals surface area (Å²) in [6.45, 7) is 0.571. The number of hydrogen-bond donors (Lipinski definition) is 1. The van der Waals surface area contributed by atoms with Crippen molar-refractivity contribution in [1.29, 1.82) is 0 Å². The van der Waals surface area contributed by atoms with Gasteiger partial charge in [0.25, 0.3) is 0 Å². The minimum Gasteiger partial charge on any atom is -0.350 e. The van der Waals surface area contributed by atoms with Crippen molar-refractivity contribution in [2.45, 2.75) is 6.54 Å². The molecule has 0 radical (unpaired) electrons. The molecule has 16 heavy (non-hydrogen) atoms. The molecule has 0 aliphatic carbocycles. The second-order valence-corrected chi connectivity index (χ2v) is 4.12. The fourth-order valence-electron chi connectivity index (χ4n) is 1.19. The second-order valence-electron chi connectivity index (χ2n) is 3.20. The van der Waals surface area contributed by atoms with Crippen LogP contribution in [0.3, 0.4) is 0 Å². The van der Waals surface area contributed by atoms with Gasteiger partial charge in [-0.2, -0.15) is 0 Å². The summed E-state index contributed by atoms with van der Waals surface area (Å²) in [7, 11) is 0. The van der Waals surface area contributed by atoms with Gasteiger partial charge in [0.05, 0.1) is 4.47 Å². The van der Waals surface area contributed by atoms with E-state index in [1.165, 1.54) is 12.1 Å². The topological polar surface area (TPSA) is 37.8 Å². The van der Waals surface area contributed by atoms with E-state index in [1.807, 2.05) is 0 Å². The monoisotopic (exact) mass is 281 g/mol. The molecule has 0 saturated heterocycles. The highest BCUT2D eigenvalue weighted by Crippen LogP contribution is 2.08. The lowest BCUT2D eigenvalue weighted by atomic mass is 10.2. The van der Waals surface area contributed by atoms with Crippen molar-refractivity contribution in [2.75, 3.05) is 5.32 Å². The predicted molar refractivity (Wildman–Crippen MR) is 63.5 cm³/mol. The maximum absolute atomic E-state index is 12.6. The van der Waals surface area contributed by atoms with Crippen LogP contribution < -0.4 is 5.32 Å². The third-order valence-electron chi connectivity index (χ3n) is 1.98. The largest absolute Gasteiger partial charge is 0.350 e. The van der Waals surface area contributed by atoms with Gasteiger partial charge in [0, 0.05) is 18.9 Å². The van der Waals surface area contributed by atoms with Crippen LogP contribution in [0.15, 0.2) is 41.1 Å². The molecule has 3 nitrogen and oxygen atoms in total. The Hall–Kier alpha value is -1.49. The van der Waals surface area contributed by atoms with Gasteiger partial charge in [0.1, 0.15) is 5.82 Å². The number of nitrogens with one attached hydrogen (secondary N) is 1. The highest BCUT2D eigenvalue weighted by molar-refractivity contribution is 9.10. The molecule has 1 heterocycles. The van der Waals surface area contributed by atoms with E-state index in [1.54, 1.807) is 24.5 Å². The molecule has 0 saturated carbocycles. The van der Waals surface area contributed by atoms with Gasteiger partial charge >= 0.3 is 0 Å². The molecule has 1 aromatic heterocycles. The van der Waals surface area contributed by atoms with Crippen LogP contribution in [0, 0.1) is 5.82 Å². The highest BCUT2D eigenvalue weighted by Gasteiger charge is 1.97. The molecule has 0 aliphatic heterocycles. The Morgan fingerprint density at radius 1 is 1.12 bits per heavy atom. The summed E-state index contributed by atoms with van der Waals surface area (Å²) < 4.78 is 13.5. The third kappa shape index (κ3) is 3.00. The molecule has 0 fully saturated rings. The Bertz CT molecular complexity index is 410. The van der Waals surface area contributed by atoms with Crippen molar-refractivity contribution in [3.63, 3.8) is 0 Å². The van der Waals surface area contributed by atoms with Crippen molar-refractivity contribution in [1.82, 2.24) is 9.97 Å². The first-order chi connectivity index (χ1) is 7.74. The van der Waals surface area contributed by atoms with E-state index in [0.29, 0.717) is 12.5 Å². The van der Waals surface area contributed by atoms with Crippen molar-refractivity contribution in [3.8, 4) is 0 Å². The van der Waals surface area contributed by atoms with E-state index >= 15 is 0 Å². The summed E-state index contributed by atoms with van der Waals surface area (Å²) in [5.41, 5.74) is 0.980. The zero-order valence-corrected chi connectivity index (χ0v) is 9.91. The zero-order valence-electron chi connectivity index (χ0n) is 8.32. The van der Waals surface area contributed by atoms with E-state index < -0.39 is 0 Å². The molecule has 1 N–H and O–H groups in total. The lowest BCUT2D eigenvalue weighted by Gasteiger charge is -2.04. The Balaban J connectivity index is 1.97. The lowest BCUT2D eigenvalue weighted by molar-refractivity contribution is 0.627. The van der Waals surface area contributed by atoms with Crippen LogP contribution in [-0.2, 0) is 6.54 Å². The maximum atomic E-state index is 12.6. The number of aromatic nitrogens is 2. The van der Waals surface area contributed by atoms with Crippen molar-refractivity contribution >= 4 is 21.9 Å². The van der Waals surface area contributed by atoms with Crippen LogP contribution in [0.2, 0.25) is 0 Å². The molecule has 0 atom stereocenters. The summed E-state index contributed by atoms with van der Waals surface area (Å²) in [5.74, 6) is 0.316. The van der Waals surface area contributed by atoms with E-state index in [2.05, 4.69) is 31.2 Å². The van der Waals surface area contributed by atoms with Gasteiger partial charge < -0.3 is 5.32 Å². The van der Waals surface area contributed by atoms with Gasteiger partial charge in [-0.05, 0) is 33.6 Å². The highest BCUT2D eigenvalue weighted by atomic mass is 79.9. The maximum Gasteiger partial charge on any atom is 0.222 e. The van der Waals surface area contributed by atoms with Crippen LogP contribution >= 0.6 is 15.9 Å². The third-order valence-corrected chi connectivity index (χ3v) is 2.39. The van der Waals surface area contributed by atoms with E-state index in [9.17, 15) is 4.39 Å².